The highest BCUT2D eigenvalue weighted by Crippen LogP contribution is 2.23. The number of hydrogen-bond donors (Lipinski definition) is 1. The van der Waals surface area contributed by atoms with Crippen LogP contribution in [0.1, 0.15) is 12.8 Å². The van der Waals surface area contributed by atoms with Crippen LogP contribution < -0.4 is 0 Å². The van der Waals surface area contributed by atoms with Gasteiger partial charge in [-0.25, -0.2) is 8.42 Å². The number of carbonyl (C=O) groups is 2. The number of amides is 1. The fourth-order valence-electron chi connectivity index (χ4n) is 2.54. The third kappa shape index (κ3) is 3.44. The lowest BCUT2D eigenvalue weighted by Crippen LogP contribution is -2.51. The molecule has 0 aromatic rings. The molecule has 0 radical (unpaired) electrons. The Morgan fingerprint density at radius 1 is 1.37 bits per heavy atom. The fraction of sp³-hybridized carbons (Fsp3) is 0.818. The Bertz CT molecular complexity index is 474. The lowest BCUT2D eigenvalue weighted by molar-refractivity contribution is -0.148. The van der Waals surface area contributed by atoms with Crippen LogP contribution in [0.15, 0.2) is 0 Å². The number of aliphatic carboxylic acids is 1. The van der Waals surface area contributed by atoms with Crippen LogP contribution in [0, 0.1) is 5.92 Å². The molecular formula is C11H17NO6S. The third-order valence-electron chi connectivity index (χ3n) is 3.50. The van der Waals surface area contributed by atoms with Crippen LogP contribution in [-0.2, 0) is 24.2 Å². The monoisotopic (exact) mass is 291 g/mol. The molecule has 7 nitrogen and oxygen atoms in total. The van der Waals surface area contributed by atoms with E-state index in [1.807, 2.05) is 0 Å². The second-order valence-electron chi connectivity index (χ2n) is 4.96. The average Bonchev–Trinajstić information content (AvgIpc) is 2.69. The Hall–Kier alpha value is -1.15. The molecular weight excluding hydrogens is 274 g/mol. The predicted octanol–water partition coefficient (Wildman–Crippen LogP) is -0.877. The standard InChI is InChI=1S/C11H17NO6S/c13-10(14)5-9-6-18-3-2-12(9)11(15)8-1-4-19(16,17)7-8/h8-9H,1-7H2,(H,13,14). The minimum absolute atomic E-state index is 0.0390. The SMILES string of the molecule is O=C(O)CC1COCCN1C(=O)C1CCS(=O)(=O)C1. The Balaban J connectivity index is 2.05. The van der Waals surface area contributed by atoms with E-state index in [1.165, 1.54) is 4.90 Å². The Morgan fingerprint density at radius 2 is 2.11 bits per heavy atom. The van der Waals surface area contributed by atoms with Gasteiger partial charge in [-0.2, -0.15) is 0 Å². The van der Waals surface area contributed by atoms with Gasteiger partial charge >= 0.3 is 5.97 Å². The molecule has 19 heavy (non-hydrogen) atoms. The summed E-state index contributed by atoms with van der Waals surface area (Å²) in [5, 5.41) is 8.82. The van der Waals surface area contributed by atoms with E-state index in [0.29, 0.717) is 19.6 Å². The summed E-state index contributed by atoms with van der Waals surface area (Å²) in [6.45, 7) is 0.881. The molecule has 8 heteroatoms. The first-order valence-corrected chi connectivity index (χ1v) is 8.01. The summed E-state index contributed by atoms with van der Waals surface area (Å²) in [7, 11) is -3.11. The van der Waals surface area contributed by atoms with Gasteiger partial charge in [0.15, 0.2) is 9.84 Å². The van der Waals surface area contributed by atoms with Crippen molar-refractivity contribution in [2.75, 3.05) is 31.3 Å². The molecule has 0 aromatic carbocycles. The average molecular weight is 291 g/mol. The molecule has 2 heterocycles. The van der Waals surface area contributed by atoms with Crippen molar-refractivity contribution >= 4 is 21.7 Å². The van der Waals surface area contributed by atoms with E-state index in [1.54, 1.807) is 0 Å². The number of nitrogens with zero attached hydrogens (tertiary/aromatic N) is 1. The first-order valence-electron chi connectivity index (χ1n) is 6.19. The number of morpholine rings is 1. The molecule has 2 rings (SSSR count). The van der Waals surface area contributed by atoms with E-state index >= 15 is 0 Å². The van der Waals surface area contributed by atoms with E-state index in [9.17, 15) is 18.0 Å². The number of sulfone groups is 1. The number of carboxylic acid groups (broad SMARTS) is 1. The molecule has 108 valence electrons. The first kappa shape index (κ1) is 14.3. The topological polar surface area (TPSA) is 101 Å². The fourth-order valence-corrected chi connectivity index (χ4v) is 4.27. The highest BCUT2D eigenvalue weighted by atomic mass is 32.2. The maximum Gasteiger partial charge on any atom is 0.305 e. The lowest BCUT2D eigenvalue weighted by atomic mass is 10.0. The highest BCUT2D eigenvalue weighted by Gasteiger charge is 2.38. The molecule has 2 fully saturated rings. The van der Waals surface area contributed by atoms with E-state index in [-0.39, 0.29) is 30.4 Å². The van der Waals surface area contributed by atoms with Crippen molar-refractivity contribution in [3.63, 3.8) is 0 Å². The van der Waals surface area contributed by atoms with Gasteiger partial charge in [-0.1, -0.05) is 0 Å². The van der Waals surface area contributed by atoms with Crippen molar-refractivity contribution in [3.8, 4) is 0 Å². The molecule has 2 unspecified atom stereocenters. The molecule has 0 aliphatic carbocycles. The minimum Gasteiger partial charge on any atom is -0.481 e. The third-order valence-corrected chi connectivity index (χ3v) is 5.27. The van der Waals surface area contributed by atoms with Crippen LogP contribution in [0.5, 0.6) is 0 Å². The van der Waals surface area contributed by atoms with E-state index in [0.717, 1.165) is 0 Å². The van der Waals surface area contributed by atoms with Crippen molar-refractivity contribution in [3.05, 3.63) is 0 Å². The van der Waals surface area contributed by atoms with Crippen LogP contribution in [-0.4, -0.2) is 67.6 Å². The van der Waals surface area contributed by atoms with Crippen LogP contribution >= 0.6 is 0 Å². The second kappa shape index (κ2) is 5.46. The molecule has 2 saturated heterocycles. The van der Waals surface area contributed by atoms with Gasteiger partial charge < -0.3 is 14.7 Å². The number of rotatable bonds is 3. The van der Waals surface area contributed by atoms with Gasteiger partial charge in [-0.3, -0.25) is 9.59 Å². The summed E-state index contributed by atoms with van der Waals surface area (Å²) < 4.78 is 28.0. The second-order valence-corrected chi connectivity index (χ2v) is 7.19. The molecule has 2 atom stereocenters. The van der Waals surface area contributed by atoms with Crippen LogP contribution in [0.3, 0.4) is 0 Å². The maximum atomic E-state index is 12.3. The van der Waals surface area contributed by atoms with Gasteiger partial charge in [-0.15, -0.1) is 0 Å². The highest BCUT2D eigenvalue weighted by molar-refractivity contribution is 7.91. The zero-order valence-electron chi connectivity index (χ0n) is 10.4. The molecule has 1 amide bonds. The quantitative estimate of drug-likeness (QED) is 0.725. The zero-order valence-corrected chi connectivity index (χ0v) is 11.3. The van der Waals surface area contributed by atoms with E-state index in [2.05, 4.69) is 0 Å². The lowest BCUT2D eigenvalue weighted by Gasteiger charge is -2.36. The van der Waals surface area contributed by atoms with Crippen molar-refractivity contribution in [1.29, 1.82) is 0 Å². The Morgan fingerprint density at radius 3 is 2.68 bits per heavy atom. The van der Waals surface area contributed by atoms with E-state index in [4.69, 9.17) is 9.84 Å². The van der Waals surface area contributed by atoms with Crippen LogP contribution in [0.2, 0.25) is 0 Å². The number of carboxylic acids is 1. The van der Waals surface area contributed by atoms with Gasteiger partial charge in [-0.05, 0) is 6.42 Å². The summed E-state index contributed by atoms with van der Waals surface area (Å²) in [5.41, 5.74) is 0. The van der Waals surface area contributed by atoms with Gasteiger partial charge in [0, 0.05) is 6.54 Å². The maximum absolute atomic E-state index is 12.3. The summed E-state index contributed by atoms with van der Waals surface area (Å²) in [6.07, 6.45) is 0.156. The smallest absolute Gasteiger partial charge is 0.305 e. The van der Waals surface area contributed by atoms with E-state index < -0.39 is 27.8 Å². The predicted molar refractivity (Wildman–Crippen MR) is 65.3 cm³/mol. The molecule has 0 bridgehead atoms. The van der Waals surface area contributed by atoms with Gasteiger partial charge in [0.05, 0.1) is 43.1 Å². The summed E-state index contributed by atoms with van der Waals surface area (Å²) >= 11 is 0. The van der Waals surface area contributed by atoms with Crippen molar-refractivity contribution < 1.29 is 27.9 Å². The number of carbonyl (C=O) groups excluding carboxylic acids is 1. The number of ether oxygens (including phenoxy) is 1. The Kier molecular flexibility index (Phi) is 4.10. The zero-order chi connectivity index (χ0) is 14.0. The minimum atomic E-state index is -3.11. The summed E-state index contributed by atoms with van der Waals surface area (Å²) in [5.74, 6) is -1.86. The Labute approximate surface area is 111 Å². The van der Waals surface area contributed by atoms with Crippen molar-refractivity contribution in [2.45, 2.75) is 18.9 Å². The van der Waals surface area contributed by atoms with Gasteiger partial charge in [0.2, 0.25) is 5.91 Å². The van der Waals surface area contributed by atoms with Gasteiger partial charge in [0.25, 0.3) is 0 Å². The number of hydrogen-bond acceptors (Lipinski definition) is 5. The molecule has 0 spiro atoms. The molecule has 0 aromatic heterocycles. The van der Waals surface area contributed by atoms with Crippen molar-refractivity contribution in [2.24, 2.45) is 5.92 Å². The van der Waals surface area contributed by atoms with Crippen LogP contribution in [0.4, 0.5) is 0 Å². The van der Waals surface area contributed by atoms with Gasteiger partial charge in [0.1, 0.15) is 0 Å². The first-order chi connectivity index (χ1) is 8.89. The molecule has 1 N–H and O–H groups in total. The summed E-state index contributed by atoms with van der Waals surface area (Å²) in [6, 6.07) is -0.498. The molecule has 2 aliphatic rings. The molecule has 2 aliphatic heterocycles. The molecule has 0 saturated carbocycles. The largest absolute Gasteiger partial charge is 0.481 e. The van der Waals surface area contributed by atoms with Crippen LogP contribution in [0.25, 0.3) is 0 Å². The van der Waals surface area contributed by atoms with Crippen molar-refractivity contribution in [1.82, 2.24) is 4.90 Å². The summed E-state index contributed by atoms with van der Waals surface area (Å²) in [4.78, 5) is 24.5. The normalized spacial score (nSPS) is 30.2.